The number of carboxylic acids is 1. The van der Waals surface area contributed by atoms with E-state index in [1.54, 1.807) is 29.2 Å². The maximum Gasteiger partial charge on any atom is 0.303 e. The third kappa shape index (κ3) is 5.72. The SMILES string of the molecule is CCN(C(=O)c1ccc2cc(-c3ccccc3)c(CCCCC(=O)O)nc2c1)c1ccc(F)cc1. The Morgan fingerprint density at radius 3 is 2.37 bits per heavy atom. The van der Waals surface area contributed by atoms with Crippen LogP contribution >= 0.6 is 0 Å². The molecule has 0 aliphatic rings. The number of aryl methyl sites for hydroxylation is 1. The summed E-state index contributed by atoms with van der Waals surface area (Å²) in [7, 11) is 0. The van der Waals surface area contributed by atoms with E-state index in [0.29, 0.717) is 42.6 Å². The van der Waals surface area contributed by atoms with Gasteiger partial charge in [-0.2, -0.15) is 0 Å². The van der Waals surface area contributed by atoms with Gasteiger partial charge in [-0.25, -0.2) is 4.39 Å². The summed E-state index contributed by atoms with van der Waals surface area (Å²) in [5, 5.41) is 9.87. The van der Waals surface area contributed by atoms with Crippen LogP contribution in [-0.4, -0.2) is 28.5 Å². The number of benzene rings is 3. The molecule has 178 valence electrons. The van der Waals surface area contributed by atoms with Crippen LogP contribution in [-0.2, 0) is 11.2 Å². The maximum atomic E-state index is 13.4. The van der Waals surface area contributed by atoms with Crippen molar-refractivity contribution in [3.63, 3.8) is 0 Å². The summed E-state index contributed by atoms with van der Waals surface area (Å²) >= 11 is 0. The lowest BCUT2D eigenvalue weighted by Crippen LogP contribution is -2.30. The van der Waals surface area contributed by atoms with Gasteiger partial charge in [0.25, 0.3) is 5.91 Å². The van der Waals surface area contributed by atoms with Crippen molar-refractivity contribution in [3.8, 4) is 11.1 Å². The van der Waals surface area contributed by atoms with E-state index in [9.17, 15) is 14.0 Å². The number of fused-ring (bicyclic) bond motifs is 1. The van der Waals surface area contributed by atoms with Crippen molar-refractivity contribution in [1.82, 2.24) is 4.98 Å². The van der Waals surface area contributed by atoms with Crippen molar-refractivity contribution in [2.45, 2.75) is 32.6 Å². The second kappa shape index (κ2) is 10.9. The molecule has 1 heterocycles. The molecule has 0 radical (unpaired) electrons. The van der Waals surface area contributed by atoms with Gasteiger partial charge in [0, 0.05) is 40.9 Å². The highest BCUT2D eigenvalue weighted by Gasteiger charge is 2.18. The number of carbonyl (C=O) groups excluding carboxylic acids is 1. The predicted octanol–water partition coefficient (Wildman–Crippen LogP) is 6.51. The lowest BCUT2D eigenvalue weighted by Gasteiger charge is -2.21. The Morgan fingerprint density at radius 2 is 1.69 bits per heavy atom. The van der Waals surface area contributed by atoms with Crippen LogP contribution in [0.1, 0.15) is 42.2 Å². The van der Waals surface area contributed by atoms with Gasteiger partial charge >= 0.3 is 5.97 Å². The van der Waals surface area contributed by atoms with Crippen molar-refractivity contribution in [2.75, 3.05) is 11.4 Å². The Morgan fingerprint density at radius 1 is 0.943 bits per heavy atom. The van der Waals surface area contributed by atoms with Crippen molar-refractivity contribution < 1.29 is 19.1 Å². The molecular weight excluding hydrogens is 443 g/mol. The molecule has 4 rings (SSSR count). The van der Waals surface area contributed by atoms with E-state index < -0.39 is 5.97 Å². The number of aliphatic carboxylic acids is 1. The molecule has 0 fully saturated rings. The molecule has 1 amide bonds. The van der Waals surface area contributed by atoms with Crippen molar-refractivity contribution in [3.05, 3.63) is 95.9 Å². The van der Waals surface area contributed by atoms with Gasteiger partial charge in [0.1, 0.15) is 5.82 Å². The largest absolute Gasteiger partial charge is 0.481 e. The zero-order chi connectivity index (χ0) is 24.8. The normalized spacial score (nSPS) is 10.9. The monoisotopic (exact) mass is 470 g/mol. The van der Waals surface area contributed by atoms with Crippen LogP contribution in [0.2, 0.25) is 0 Å². The van der Waals surface area contributed by atoms with E-state index in [-0.39, 0.29) is 18.1 Å². The van der Waals surface area contributed by atoms with Crippen LogP contribution < -0.4 is 4.90 Å². The molecule has 0 spiro atoms. The molecule has 6 heteroatoms. The Bertz CT molecular complexity index is 1340. The van der Waals surface area contributed by atoms with Crippen LogP contribution in [0.3, 0.4) is 0 Å². The molecule has 0 saturated heterocycles. The summed E-state index contributed by atoms with van der Waals surface area (Å²) in [6, 6.07) is 23.4. The van der Waals surface area contributed by atoms with Crippen LogP contribution in [0.5, 0.6) is 0 Å². The van der Waals surface area contributed by atoms with Crippen LogP contribution in [0.4, 0.5) is 10.1 Å². The van der Waals surface area contributed by atoms with Gasteiger partial charge in [-0.3, -0.25) is 14.6 Å². The summed E-state index contributed by atoms with van der Waals surface area (Å²) in [4.78, 5) is 30.7. The molecule has 35 heavy (non-hydrogen) atoms. The van der Waals surface area contributed by atoms with Crippen molar-refractivity contribution in [2.24, 2.45) is 0 Å². The second-order valence-electron chi connectivity index (χ2n) is 8.38. The minimum atomic E-state index is -0.801. The summed E-state index contributed by atoms with van der Waals surface area (Å²) < 4.78 is 13.4. The number of rotatable bonds is 9. The number of carbonyl (C=O) groups is 2. The molecule has 5 nitrogen and oxygen atoms in total. The van der Waals surface area contributed by atoms with Crippen LogP contribution in [0.15, 0.2) is 78.9 Å². The highest BCUT2D eigenvalue weighted by molar-refractivity contribution is 6.07. The van der Waals surface area contributed by atoms with E-state index in [1.165, 1.54) is 12.1 Å². The smallest absolute Gasteiger partial charge is 0.303 e. The standard InChI is InChI=1S/C29H27FN2O3/c1-2-32(24-16-14-23(30)15-17-24)29(35)22-13-12-21-18-25(20-8-4-3-5-9-20)26(31-27(21)19-22)10-6-7-11-28(33)34/h3-5,8-9,12-19H,2,6-7,10-11H2,1H3,(H,33,34). The molecule has 1 N–H and O–H groups in total. The number of aromatic nitrogens is 1. The lowest BCUT2D eigenvalue weighted by atomic mass is 9.97. The fraction of sp³-hybridized carbons (Fsp3) is 0.207. The van der Waals surface area contributed by atoms with E-state index in [0.717, 1.165) is 22.2 Å². The number of carboxylic acid groups (broad SMARTS) is 1. The minimum Gasteiger partial charge on any atom is -0.481 e. The van der Waals surface area contributed by atoms with Crippen molar-refractivity contribution in [1.29, 1.82) is 0 Å². The van der Waals surface area contributed by atoms with Crippen LogP contribution in [0, 0.1) is 5.82 Å². The van der Waals surface area contributed by atoms with E-state index in [2.05, 4.69) is 6.07 Å². The minimum absolute atomic E-state index is 0.128. The molecular formula is C29H27FN2O3. The van der Waals surface area contributed by atoms with Crippen LogP contribution in [0.25, 0.3) is 22.0 Å². The van der Waals surface area contributed by atoms with E-state index in [4.69, 9.17) is 10.1 Å². The van der Waals surface area contributed by atoms with Crippen molar-refractivity contribution >= 4 is 28.5 Å². The molecule has 4 aromatic rings. The Kier molecular flexibility index (Phi) is 7.51. The number of anilines is 1. The van der Waals surface area contributed by atoms with Gasteiger partial charge in [-0.05, 0) is 74.2 Å². The van der Waals surface area contributed by atoms with Gasteiger partial charge in [0.05, 0.1) is 5.52 Å². The maximum absolute atomic E-state index is 13.4. The van der Waals surface area contributed by atoms with Gasteiger partial charge in [-0.15, -0.1) is 0 Å². The summed E-state index contributed by atoms with van der Waals surface area (Å²) in [6.07, 6.45) is 2.05. The quantitative estimate of drug-likeness (QED) is 0.283. The number of nitrogens with zero attached hydrogens (tertiary/aromatic N) is 2. The highest BCUT2D eigenvalue weighted by Crippen LogP contribution is 2.29. The average Bonchev–Trinajstić information content (AvgIpc) is 2.87. The first-order valence-corrected chi connectivity index (χ1v) is 11.7. The summed E-state index contributed by atoms with van der Waals surface area (Å²) in [5.41, 5.74) is 4.77. The molecule has 0 bridgehead atoms. The Hall–Kier alpha value is -4.06. The predicted molar refractivity (Wildman–Crippen MR) is 136 cm³/mol. The zero-order valence-electron chi connectivity index (χ0n) is 19.6. The summed E-state index contributed by atoms with van der Waals surface area (Å²) in [5.74, 6) is -1.33. The van der Waals surface area contributed by atoms with Gasteiger partial charge in [0.2, 0.25) is 0 Å². The second-order valence-corrected chi connectivity index (χ2v) is 8.38. The molecule has 0 aliphatic carbocycles. The first-order chi connectivity index (χ1) is 17.0. The van der Waals surface area contributed by atoms with Gasteiger partial charge in [0.15, 0.2) is 0 Å². The number of hydrogen-bond donors (Lipinski definition) is 1. The third-order valence-electron chi connectivity index (χ3n) is 5.98. The fourth-order valence-corrected chi connectivity index (χ4v) is 4.19. The number of amides is 1. The van der Waals surface area contributed by atoms with Gasteiger partial charge in [-0.1, -0.05) is 36.4 Å². The number of halogens is 1. The number of hydrogen-bond acceptors (Lipinski definition) is 3. The molecule has 0 saturated carbocycles. The molecule has 0 unspecified atom stereocenters. The first kappa shape index (κ1) is 24.1. The Balaban J connectivity index is 1.69. The lowest BCUT2D eigenvalue weighted by molar-refractivity contribution is -0.137. The van der Waals surface area contributed by atoms with E-state index >= 15 is 0 Å². The zero-order valence-corrected chi connectivity index (χ0v) is 19.6. The average molecular weight is 471 g/mol. The highest BCUT2D eigenvalue weighted by atomic mass is 19.1. The molecule has 1 aromatic heterocycles. The number of unbranched alkanes of at least 4 members (excludes halogenated alkanes) is 1. The number of pyridine rings is 1. The van der Waals surface area contributed by atoms with Gasteiger partial charge < -0.3 is 10.0 Å². The fourth-order valence-electron chi connectivity index (χ4n) is 4.19. The Labute approximate surface area is 203 Å². The van der Waals surface area contributed by atoms with E-state index in [1.807, 2.05) is 43.3 Å². The molecule has 3 aromatic carbocycles. The summed E-state index contributed by atoms with van der Waals surface area (Å²) in [6.45, 7) is 2.32. The first-order valence-electron chi connectivity index (χ1n) is 11.7. The molecule has 0 atom stereocenters. The third-order valence-corrected chi connectivity index (χ3v) is 5.98. The molecule has 0 aliphatic heterocycles. The topological polar surface area (TPSA) is 70.5 Å².